The Hall–Kier alpha value is -0.590. The Morgan fingerprint density at radius 2 is 2.00 bits per heavy atom. The van der Waals surface area contributed by atoms with E-state index in [9.17, 15) is 4.79 Å². The largest absolute Gasteiger partial charge is 0.494 e. The summed E-state index contributed by atoms with van der Waals surface area (Å²) in [4.78, 5) is 11.3. The smallest absolute Gasteiger partial charge is 0.222 e. The summed E-state index contributed by atoms with van der Waals surface area (Å²) in [6, 6.07) is 3.87. The van der Waals surface area contributed by atoms with E-state index in [0.717, 1.165) is 20.3 Å². The Morgan fingerprint density at radius 3 is 2.53 bits per heavy atom. The number of benzene rings is 1. The summed E-state index contributed by atoms with van der Waals surface area (Å²) in [5.41, 5.74) is 0.984. The maximum absolute atomic E-state index is 11.3. The van der Waals surface area contributed by atoms with Crippen LogP contribution >= 0.6 is 31.9 Å². The molecule has 0 aliphatic carbocycles. The second kappa shape index (κ2) is 5.37. The lowest BCUT2D eigenvalue weighted by molar-refractivity contribution is -0.123. The molecule has 6 heteroatoms. The zero-order valence-corrected chi connectivity index (χ0v) is 12.4. The van der Waals surface area contributed by atoms with Crippen LogP contribution in [-0.2, 0) is 4.79 Å². The Bertz CT molecular complexity index is 428. The number of rotatable bonds is 2. The van der Waals surface area contributed by atoms with Crippen molar-refractivity contribution in [3.8, 4) is 5.75 Å². The van der Waals surface area contributed by atoms with E-state index in [2.05, 4.69) is 42.5 Å². The number of hydrogen-bond donors (Lipinski definition) is 2. The summed E-state index contributed by atoms with van der Waals surface area (Å²) < 4.78 is 6.94. The van der Waals surface area contributed by atoms with Gasteiger partial charge in [-0.1, -0.05) is 0 Å². The molecule has 0 aromatic heterocycles. The second-order valence-electron chi connectivity index (χ2n) is 3.72. The van der Waals surface area contributed by atoms with Crippen LogP contribution in [0.25, 0.3) is 0 Å². The zero-order chi connectivity index (χ0) is 12.4. The minimum Gasteiger partial charge on any atom is -0.494 e. The highest BCUT2D eigenvalue weighted by atomic mass is 79.9. The third kappa shape index (κ3) is 2.81. The maximum Gasteiger partial charge on any atom is 0.222 e. The summed E-state index contributed by atoms with van der Waals surface area (Å²) in [6.07, 6.45) is 0.379. The van der Waals surface area contributed by atoms with Gasteiger partial charge >= 0.3 is 0 Å². The Labute approximate surface area is 116 Å². The molecule has 1 aromatic rings. The van der Waals surface area contributed by atoms with Crippen LogP contribution in [0, 0.1) is 0 Å². The first kappa shape index (κ1) is 12.9. The molecule has 2 N–H and O–H groups in total. The van der Waals surface area contributed by atoms with Crippen LogP contribution in [0.5, 0.6) is 5.75 Å². The first-order chi connectivity index (χ1) is 8.11. The van der Waals surface area contributed by atoms with Crippen LogP contribution in [0.3, 0.4) is 0 Å². The Kier molecular flexibility index (Phi) is 4.06. The molecule has 1 saturated heterocycles. The van der Waals surface area contributed by atoms with Gasteiger partial charge in [0.15, 0.2) is 0 Å². The topological polar surface area (TPSA) is 50.4 Å². The second-order valence-corrected chi connectivity index (χ2v) is 5.43. The van der Waals surface area contributed by atoms with E-state index in [1.807, 2.05) is 12.1 Å². The first-order valence-electron chi connectivity index (χ1n) is 5.17. The average Bonchev–Trinajstić information content (AvgIpc) is 2.28. The van der Waals surface area contributed by atoms with Crippen LogP contribution in [-0.4, -0.2) is 19.6 Å². The number of carbonyl (C=O) groups excluding carboxylic acids is 1. The molecule has 17 heavy (non-hydrogen) atoms. The average molecular weight is 364 g/mol. The van der Waals surface area contributed by atoms with Crippen molar-refractivity contribution in [1.82, 2.24) is 10.6 Å². The number of carbonyl (C=O) groups is 1. The third-order valence-corrected chi connectivity index (χ3v) is 3.74. The van der Waals surface area contributed by atoms with Gasteiger partial charge in [-0.15, -0.1) is 0 Å². The van der Waals surface area contributed by atoms with Crippen LogP contribution in [0.4, 0.5) is 0 Å². The first-order valence-corrected chi connectivity index (χ1v) is 6.76. The maximum atomic E-state index is 11.3. The molecule has 0 spiro atoms. The Morgan fingerprint density at radius 1 is 1.35 bits per heavy atom. The lowest BCUT2D eigenvalue weighted by atomic mass is 10.1. The predicted octanol–water partition coefficient (Wildman–Crippen LogP) is 2.33. The van der Waals surface area contributed by atoms with E-state index in [-0.39, 0.29) is 12.1 Å². The molecule has 0 saturated carbocycles. The third-order valence-electron chi connectivity index (χ3n) is 2.56. The van der Waals surface area contributed by atoms with Crippen LogP contribution in [0.15, 0.2) is 21.1 Å². The van der Waals surface area contributed by atoms with Gasteiger partial charge in [-0.25, -0.2) is 0 Å². The molecular formula is C11H12Br2N2O2. The van der Waals surface area contributed by atoms with E-state index in [1.54, 1.807) is 7.11 Å². The molecule has 0 unspecified atom stereocenters. The number of ether oxygens (including phenoxy) is 1. The van der Waals surface area contributed by atoms with Gasteiger partial charge in [0.25, 0.3) is 0 Å². The monoisotopic (exact) mass is 362 g/mol. The molecule has 1 amide bonds. The summed E-state index contributed by atoms with van der Waals surface area (Å²) >= 11 is 6.89. The molecule has 1 heterocycles. The number of halogens is 2. The standard InChI is InChI=1S/C11H12Br2N2O2/c1-17-10-7(12)4-6(5-8(10)13)11-14-3-2-9(16)15-11/h4-5,11,14H,2-3H2,1H3,(H,15,16)/t11-/m0/s1. The summed E-state index contributed by atoms with van der Waals surface area (Å²) in [7, 11) is 1.62. The van der Waals surface area contributed by atoms with Crippen molar-refractivity contribution in [1.29, 1.82) is 0 Å². The molecule has 1 atom stereocenters. The van der Waals surface area contributed by atoms with Gasteiger partial charge in [-0.2, -0.15) is 0 Å². The fourth-order valence-electron chi connectivity index (χ4n) is 1.76. The fourth-order valence-corrected chi connectivity index (χ4v) is 3.30. The van der Waals surface area contributed by atoms with Crippen LogP contribution in [0.2, 0.25) is 0 Å². The van der Waals surface area contributed by atoms with Gasteiger partial charge in [-0.3, -0.25) is 10.1 Å². The summed E-state index contributed by atoms with van der Waals surface area (Å²) in [5, 5.41) is 6.14. The molecule has 1 fully saturated rings. The molecular weight excluding hydrogens is 352 g/mol. The number of amides is 1. The molecule has 1 aliphatic heterocycles. The predicted molar refractivity (Wildman–Crippen MR) is 71.9 cm³/mol. The van der Waals surface area contributed by atoms with Crippen molar-refractivity contribution in [2.45, 2.75) is 12.6 Å². The van der Waals surface area contributed by atoms with Gasteiger partial charge in [0, 0.05) is 13.0 Å². The SMILES string of the molecule is COc1c(Br)cc([C@H]2NCCC(=O)N2)cc1Br. The highest BCUT2D eigenvalue weighted by Gasteiger charge is 2.20. The molecule has 0 bridgehead atoms. The van der Waals surface area contributed by atoms with Crippen molar-refractivity contribution < 1.29 is 9.53 Å². The van der Waals surface area contributed by atoms with Gasteiger partial charge in [0.1, 0.15) is 11.9 Å². The molecule has 1 aromatic carbocycles. The van der Waals surface area contributed by atoms with E-state index in [0.29, 0.717) is 13.0 Å². The minimum absolute atomic E-state index is 0.0665. The number of hydrogen-bond acceptors (Lipinski definition) is 3. The van der Waals surface area contributed by atoms with Crippen molar-refractivity contribution in [2.24, 2.45) is 0 Å². The molecule has 92 valence electrons. The van der Waals surface area contributed by atoms with Gasteiger partial charge < -0.3 is 10.1 Å². The molecule has 1 aliphatic rings. The molecule has 4 nitrogen and oxygen atoms in total. The van der Waals surface area contributed by atoms with Crippen molar-refractivity contribution in [3.05, 3.63) is 26.6 Å². The summed E-state index contributed by atoms with van der Waals surface area (Å²) in [6.45, 7) is 0.692. The van der Waals surface area contributed by atoms with E-state index < -0.39 is 0 Å². The number of nitrogens with one attached hydrogen (secondary N) is 2. The normalized spacial score (nSPS) is 19.9. The lowest BCUT2D eigenvalue weighted by Crippen LogP contribution is -2.44. The lowest BCUT2D eigenvalue weighted by Gasteiger charge is -2.25. The van der Waals surface area contributed by atoms with Crippen molar-refractivity contribution in [3.63, 3.8) is 0 Å². The zero-order valence-electron chi connectivity index (χ0n) is 9.22. The van der Waals surface area contributed by atoms with Crippen molar-refractivity contribution in [2.75, 3.05) is 13.7 Å². The Balaban J connectivity index is 2.30. The highest BCUT2D eigenvalue weighted by molar-refractivity contribution is 9.11. The molecule has 0 radical (unpaired) electrons. The quantitative estimate of drug-likeness (QED) is 0.847. The van der Waals surface area contributed by atoms with Crippen molar-refractivity contribution >= 4 is 37.8 Å². The highest BCUT2D eigenvalue weighted by Crippen LogP contribution is 2.35. The van der Waals surface area contributed by atoms with Gasteiger partial charge in [0.2, 0.25) is 5.91 Å². The van der Waals surface area contributed by atoms with Gasteiger partial charge in [-0.05, 0) is 49.6 Å². The van der Waals surface area contributed by atoms with E-state index in [1.165, 1.54) is 0 Å². The summed E-state index contributed by atoms with van der Waals surface area (Å²) in [5.74, 6) is 0.813. The van der Waals surface area contributed by atoms with Crippen LogP contribution in [0.1, 0.15) is 18.2 Å². The van der Waals surface area contributed by atoms with E-state index >= 15 is 0 Å². The number of methoxy groups -OCH3 is 1. The molecule has 2 rings (SSSR count). The van der Waals surface area contributed by atoms with E-state index in [4.69, 9.17) is 4.74 Å². The minimum atomic E-state index is -0.144. The fraction of sp³-hybridized carbons (Fsp3) is 0.364. The van der Waals surface area contributed by atoms with Gasteiger partial charge in [0.05, 0.1) is 16.1 Å². The van der Waals surface area contributed by atoms with Crippen LogP contribution < -0.4 is 15.4 Å².